The van der Waals surface area contributed by atoms with Gasteiger partial charge in [-0.05, 0) is 68.7 Å². The third-order valence-electron chi connectivity index (χ3n) is 6.59. The van der Waals surface area contributed by atoms with Crippen molar-refractivity contribution >= 4 is 39.1 Å². The minimum atomic E-state index is -4.09. The van der Waals surface area contributed by atoms with Crippen LogP contribution in [0.5, 0.6) is 0 Å². The molecule has 208 valence electrons. The second kappa shape index (κ2) is 13.6. The number of sulfonamides is 1. The van der Waals surface area contributed by atoms with Crippen molar-refractivity contribution in [3.8, 4) is 0 Å². The van der Waals surface area contributed by atoms with E-state index >= 15 is 0 Å². The number of anilines is 1. The summed E-state index contributed by atoms with van der Waals surface area (Å²) in [6, 6.07) is 21.2. The molecule has 39 heavy (non-hydrogen) atoms. The molecule has 0 bridgehead atoms. The van der Waals surface area contributed by atoms with E-state index < -0.39 is 28.5 Å². The topological polar surface area (TPSA) is 86.8 Å². The second-order valence-corrected chi connectivity index (χ2v) is 11.8. The van der Waals surface area contributed by atoms with E-state index in [9.17, 15) is 18.0 Å². The molecule has 0 heterocycles. The van der Waals surface area contributed by atoms with Gasteiger partial charge in [0.1, 0.15) is 12.6 Å². The number of amides is 2. The summed E-state index contributed by atoms with van der Waals surface area (Å²) in [7, 11) is -4.09. The predicted octanol–water partition coefficient (Wildman–Crippen LogP) is 5.57. The summed E-state index contributed by atoms with van der Waals surface area (Å²) in [5.41, 5.74) is 2.05. The summed E-state index contributed by atoms with van der Waals surface area (Å²) in [4.78, 5) is 28.8. The third-order valence-corrected chi connectivity index (χ3v) is 8.63. The second-order valence-electron chi connectivity index (χ2n) is 9.55. The van der Waals surface area contributed by atoms with E-state index in [0.29, 0.717) is 17.1 Å². The molecule has 3 rings (SSSR count). The van der Waals surface area contributed by atoms with Crippen LogP contribution in [0.4, 0.5) is 5.69 Å². The maximum atomic E-state index is 14.0. The normalized spacial score (nSPS) is 12.8. The average molecular weight is 570 g/mol. The van der Waals surface area contributed by atoms with Crippen LogP contribution in [-0.2, 0) is 26.2 Å². The van der Waals surface area contributed by atoms with Crippen molar-refractivity contribution < 1.29 is 18.0 Å². The Labute approximate surface area is 236 Å². The zero-order valence-electron chi connectivity index (χ0n) is 22.8. The smallest absolute Gasteiger partial charge is 0.264 e. The molecule has 0 spiro atoms. The number of carbonyl (C=O) groups excluding carboxylic acids is 2. The molecular weight excluding hydrogens is 534 g/mol. The summed E-state index contributed by atoms with van der Waals surface area (Å²) < 4.78 is 28.7. The predicted molar refractivity (Wildman–Crippen MR) is 156 cm³/mol. The minimum Gasteiger partial charge on any atom is -0.352 e. The van der Waals surface area contributed by atoms with E-state index in [1.807, 2.05) is 27.7 Å². The Morgan fingerprint density at radius 3 is 2.08 bits per heavy atom. The number of halogens is 1. The van der Waals surface area contributed by atoms with Crippen LogP contribution in [-0.4, -0.2) is 43.8 Å². The molecule has 2 amide bonds. The largest absolute Gasteiger partial charge is 0.352 e. The lowest BCUT2D eigenvalue weighted by atomic mass is 10.1. The first kappa shape index (κ1) is 30.2. The summed E-state index contributed by atoms with van der Waals surface area (Å²) in [6.07, 6.45) is 1.10. The van der Waals surface area contributed by atoms with Gasteiger partial charge in [0.15, 0.2) is 0 Å². The van der Waals surface area contributed by atoms with Crippen molar-refractivity contribution in [1.82, 2.24) is 10.2 Å². The molecule has 2 atom stereocenters. The van der Waals surface area contributed by atoms with Crippen LogP contribution < -0.4 is 9.62 Å². The average Bonchev–Trinajstić information content (AvgIpc) is 2.93. The molecule has 0 radical (unpaired) electrons. The van der Waals surface area contributed by atoms with Crippen LogP contribution >= 0.6 is 11.6 Å². The number of para-hydroxylation sites is 1. The number of carbonyl (C=O) groups is 2. The van der Waals surface area contributed by atoms with Crippen LogP contribution in [0.1, 0.15) is 44.7 Å². The van der Waals surface area contributed by atoms with Gasteiger partial charge >= 0.3 is 0 Å². The number of aryl methyl sites for hydroxylation is 1. The fourth-order valence-electron chi connectivity index (χ4n) is 4.11. The van der Waals surface area contributed by atoms with E-state index in [1.54, 1.807) is 66.7 Å². The Kier molecular flexibility index (Phi) is 10.5. The lowest BCUT2D eigenvalue weighted by Gasteiger charge is -2.33. The summed E-state index contributed by atoms with van der Waals surface area (Å²) in [5, 5.41) is 3.52. The van der Waals surface area contributed by atoms with E-state index in [-0.39, 0.29) is 23.4 Å². The van der Waals surface area contributed by atoms with Crippen molar-refractivity contribution in [2.24, 2.45) is 0 Å². The summed E-state index contributed by atoms with van der Waals surface area (Å²) in [5.74, 6) is -0.766. The van der Waals surface area contributed by atoms with Gasteiger partial charge in [-0.3, -0.25) is 13.9 Å². The highest BCUT2D eigenvalue weighted by Gasteiger charge is 2.33. The van der Waals surface area contributed by atoms with Gasteiger partial charge in [-0.2, -0.15) is 0 Å². The van der Waals surface area contributed by atoms with Gasteiger partial charge in [0, 0.05) is 17.6 Å². The maximum Gasteiger partial charge on any atom is 0.264 e. The third kappa shape index (κ3) is 7.83. The first-order chi connectivity index (χ1) is 18.6. The molecule has 0 aliphatic heterocycles. The Morgan fingerprint density at radius 2 is 1.51 bits per heavy atom. The Hall–Kier alpha value is -3.36. The molecule has 3 aromatic rings. The number of nitrogens with one attached hydrogen (secondary N) is 1. The zero-order chi connectivity index (χ0) is 28.6. The number of nitrogens with zero attached hydrogens (tertiary/aromatic N) is 2. The number of rotatable bonds is 12. The first-order valence-electron chi connectivity index (χ1n) is 13.1. The van der Waals surface area contributed by atoms with Crippen LogP contribution in [0.3, 0.4) is 0 Å². The highest BCUT2D eigenvalue weighted by molar-refractivity contribution is 7.92. The molecule has 9 heteroatoms. The van der Waals surface area contributed by atoms with Crippen LogP contribution in [0.25, 0.3) is 0 Å². The number of hydrogen-bond donors (Lipinski definition) is 1. The molecule has 0 fully saturated rings. The molecule has 1 N–H and O–H groups in total. The van der Waals surface area contributed by atoms with Crippen LogP contribution in [0.15, 0.2) is 83.8 Å². The van der Waals surface area contributed by atoms with Crippen molar-refractivity contribution in [3.05, 3.63) is 95.0 Å². The Bertz CT molecular complexity index is 1350. The van der Waals surface area contributed by atoms with E-state index in [0.717, 1.165) is 21.9 Å². The van der Waals surface area contributed by atoms with Gasteiger partial charge in [-0.1, -0.05) is 73.5 Å². The lowest BCUT2D eigenvalue weighted by Crippen LogP contribution is -2.53. The molecule has 0 aromatic heterocycles. The number of benzene rings is 3. The molecule has 0 saturated heterocycles. The van der Waals surface area contributed by atoms with E-state index in [2.05, 4.69) is 5.32 Å². The SMILES string of the molecule is CC[C@@H](C)NC(=O)[C@@H](CC)N(Cc1ccc(Cl)cc1)C(=O)CN(c1ccccc1)S(=O)(=O)c1ccc(C)cc1. The minimum absolute atomic E-state index is 0.0678. The van der Waals surface area contributed by atoms with Crippen molar-refractivity contribution in [2.45, 2.75) is 64.1 Å². The number of hydrogen-bond acceptors (Lipinski definition) is 4. The maximum absolute atomic E-state index is 14.0. The molecule has 3 aromatic carbocycles. The van der Waals surface area contributed by atoms with Crippen molar-refractivity contribution in [1.29, 1.82) is 0 Å². The fourth-order valence-corrected chi connectivity index (χ4v) is 5.65. The van der Waals surface area contributed by atoms with Gasteiger partial charge in [0.25, 0.3) is 10.0 Å². The monoisotopic (exact) mass is 569 g/mol. The van der Waals surface area contributed by atoms with Gasteiger partial charge in [0.2, 0.25) is 11.8 Å². The fraction of sp³-hybridized carbons (Fsp3) is 0.333. The summed E-state index contributed by atoms with van der Waals surface area (Å²) >= 11 is 6.06. The van der Waals surface area contributed by atoms with E-state index in [4.69, 9.17) is 11.6 Å². The van der Waals surface area contributed by atoms with Crippen molar-refractivity contribution in [2.75, 3.05) is 10.8 Å². The van der Waals surface area contributed by atoms with Gasteiger partial charge < -0.3 is 10.2 Å². The molecular formula is C30H36ClN3O4S. The highest BCUT2D eigenvalue weighted by atomic mass is 35.5. The van der Waals surface area contributed by atoms with Gasteiger partial charge in [-0.25, -0.2) is 8.42 Å². The van der Waals surface area contributed by atoms with Gasteiger partial charge in [0.05, 0.1) is 10.6 Å². The lowest BCUT2D eigenvalue weighted by molar-refractivity contribution is -0.140. The summed E-state index contributed by atoms with van der Waals surface area (Å²) in [6.45, 7) is 7.23. The Balaban J connectivity index is 2.02. The molecule has 0 saturated carbocycles. The zero-order valence-corrected chi connectivity index (χ0v) is 24.4. The molecule has 0 aliphatic rings. The Morgan fingerprint density at radius 1 is 0.897 bits per heavy atom. The molecule has 0 aliphatic carbocycles. The quantitative estimate of drug-likeness (QED) is 0.309. The standard InChI is InChI=1S/C30H36ClN3O4S/c1-5-23(4)32-30(36)28(6-2)33(20-24-14-16-25(31)17-15-24)29(35)21-34(26-10-8-7-9-11-26)39(37,38)27-18-12-22(3)13-19-27/h7-19,23,28H,5-6,20-21H2,1-4H3,(H,32,36)/t23-,28-/m1/s1. The first-order valence-corrected chi connectivity index (χ1v) is 14.9. The highest BCUT2D eigenvalue weighted by Crippen LogP contribution is 2.25. The van der Waals surface area contributed by atoms with Crippen molar-refractivity contribution in [3.63, 3.8) is 0 Å². The molecule has 0 unspecified atom stereocenters. The van der Waals surface area contributed by atoms with E-state index in [1.165, 1.54) is 17.0 Å². The van der Waals surface area contributed by atoms with Crippen LogP contribution in [0, 0.1) is 6.92 Å². The van der Waals surface area contributed by atoms with Crippen LogP contribution in [0.2, 0.25) is 5.02 Å². The van der Waals surface area contributed by atoms with Gasteiger partial charge in [-0.15, -0.1) is 0 Å². The molecule has 7 nitrogen and oxygen atoms in total.